The lowest BCUT2D eigenvalue weighted by molar-refractivity contribution is -0.101. The van der Waals surface area contributed by atoms with E-state index in [4.69, 9.17) is 4.74 Å². The molecule has 1 fully saturated rings. The van der Waals surface area contributed by atoms with Crippen LogP contribution in [0, 0.1) is 0 Å². The zero-order valence-corrected chi connectivity index (χ0v) is 10.6. The molecule has 2 nitrogen and oxygen atoms in total. The molecule has 1 heterocycles. The molecule has 3 rings (SSSR count). The molecule has 2 heteroatoms. The molecule has 0 aromatic heterocycles. The molecular formula is C16H18O2. The van der Waals surface area contributed by atoms with Crippen LogP contribution in [0.15, 0.2) is 42.5 Å². The maximum Gasteiger partial charge on any atom is 0.0949 e. The van der Waals surface area contributed by atoms with Gasteiger partial charge in [0.2, 0.25) is 0 Å². The molecule has 0 amide bonds. The molecule has 94 valence electrons. The van der Waals surface area contributed by atoms with Gasteiger partial charge in [-0.1, -0.05) is 42.5 Å². The summed E-state index contributed by atoms with van der Waals surface area (Å²) in [5.41, 5.74) is 0.286. The molecule has 2 atom stereocenters. The minimum absolute atomic E-state index is 0.114. The third kappa shape index (κ3) is 1.92. The van der Waals surface area contributed by atoms with Gasteiger partial charge < -0.3 is 9.84 Å². The fraction of sp³-hybridized carbons (Fsp3) is 0.375. The van der Waals surface area contributed by atoms with E-state index in [0.717, 1.165) is 10.9 Å². The highest BCUT2D eigenvalue weighted by Crippen LogP contribution is 2.38. The first-order valence-electron chi connectivity index (χ1n) is 6.51. The largest absolute Gasteiger partial charge is 0.385 e. The van der Waals surface area contributed by atoms with Crippen LogP contribution in [0.5, 0.6) is 0 Å². The van der Waals surface area contributed by atoms with E-state index >= 15 is 0 Å². The van der Waals surface area contributed by atoms with Gasteiger partial charge in [-0.05, 0) is 23.3 Å². The van der Waals surface area contributed by atoms with E-state index in [1.807, 2.05) is 31.2 Å². The average Bonchev–Trinajstić information content (AvgIpc) is 2.38. The summed E-state index contributed by atoms with van der Waals surface area (Å²) < 4.78 is 5.55. The van der Waals surface area contributed by atoms with Gasteiger partial charge in [-0.2, -0.15) is 0 Å². The molecule has 18 heavy (non-hydrogen) atoms. The Labute approximate surface area is 107 Å². The first-order chi connectivity index (χ1) is 8.69. The van der Waals surface area contributed by atoms with E-state index in [9.17, 15) is 5.11 Å². The number of fused-ring (bicyclic) bond motifs is 1. The highest BCUT2D eigenvalue weighted by Gasteiger charge is 2.35. The Balaban J connectivity index is 2.13. The summed E-state index contributed by atoms with van der Waals surface area (Å²) in [6.07, 6.45) is 1.45. The average molecular weight is 242 g/mol. The SMILES string of the molecule is CC1CC(O)(c2cccc3ccccc23)CCO1. The van der Waals surface area contributed by atoms with Crippen LogP contribution in [0.2, 0.25) is 0 Å². The van der Waals surface area contributed by atoms with Crippen molar-refractivity contribution in [3.63, 3.8) is 0 Å². The van der Waals surface area contributed by atoms with E-state index < -0.39 is 5.60 Å². The lowest BCUT2D eigenvalue weighted by Crippen LogP contribution is -2.37. The summed E-state index contributed by atoms with van der Waals surface area (Å²) in [5, 5.41) is 13.3. The Kier molecular flexibility index (Phi) is 2.84. The Morgan fingerprint density at radius 1 is 1.17 bits per heavy atom. The van der Waals surface area contributed by atoms with Gasteiger partial charge in [-0.15, -0.1) is 0 Å². The molecule has 0 saturated carbocycles. The summed E-state index contributed by atoms with van der Waals surface area (Å²) in [4.78, 5) is 0. The number of aliphatic hydroxyl groups is 1. The molecule has 2 aromatic rings. The smallest absolute Gasteiger partial charge is 0.0949 e. The highest BCUT2D eigenvalue weighted by atomic mass is 16.5. The first-order valence-corrected chi connectivity index (χ1v) is 6.51. The monoisotopic (exact) mass is 242 g/mol. The van der Waals surface area contributed by atoms with Gasteiger partial charge >= 0.3 is 0 Å². The second-order valence-corrected chi connectivity index (χ2v) is 5.19. The van der Waals surface area contributed by atoms with Crippen LogP contribution in [-0.2, 0) is 10.3 Å². The zero-order chi connectivity index (χ0) is 12.6. The van der Waals surface area contributed by atoms with Gasteiger partial charge in [0.1, 0.15) is 0 Å². The molecule has 2 aromatic carbocycles. The van der Waals surface area contributed by atoms with Crippen molar-refractivity contribution in [1.82, 2.24) is 0 Å². The molecular weight excluding hydrogens is 224 g/mol. The van der Waals surface area contributed by atoms with Crippen LogP contribution >= 0.6 is 0 Å². The number of hydrogen-bond donors (Lipinski definition) is 1. The topological polar surface area (TPSA) is 29.5 Å². The van der Waals surface area contributed by atoms with E-state index in [1.165, 1.54) is 5.39 Å². The Hall–Kier alpha value is -1.38. The lowest BCUT2D eigenvalue weighted by atomic mass is 9.81. The summed E-state index contributed by atoms with van der Waals surface area (Å²) in [5.74, 6) is 0. The third-order valence-corrected chi connectivity index (χ3v) is 3.83. The maximum absolute atomic E-state index is 10.9. The zero-order valence-electron chi connectivity index (χ0n) is 10.6. The Morgan fingerprint density at radius 2 is 1.94 bits per heavy atom. The standard InChI is InChI=1S/C16H18O2/c1-12-11-16(17,9-10-18-12)15-8-4-6-13-5-2-3-7-14(13)15/h2-8,12,17H,9-11H2,1H3. The third-order valence-electron chi connectivity index (χ3n) is 3.83. The number of ether oxygens (including phenoxy) is 1. The predicted octanol–water partition coefficient (Wildman–Crippen LogP) is 3.23. The second kappa shape index (κ2) is 4.38. The van der Waals surface area contributed by atoms with Gasteiger partial charge in [0.25, 0.3) is 0 Å². The molecule has 0 spiro atoms. The summed E-state index contributed by atoms with van der Waals surface area (Å²) in [6.45, 7) is 2.65. The fourth-order valence-corrected chi connectivity index (χ4v) is 2.94. The van der Waals surface area contributed by atoms with Gasteiger partial charge in [-0.25, -0.2) is 0 Å². The molecule has 1 N–H and O–H groups in total. The molecule has 0 aliphatic carbocycles. The number of hydrogen-bond acceptors (Lipinski definition) is 2. The van der Waals surface area contributed by atoms with Crippen molar-refractivity contribution in [2.24, 2.45) is 0 Å². The van der Waals surface area contributed by atoms with Crippen molar-refractivity contribution in [1.29, 1.82) is 0 Å². The Bertz CT molecular complexity index is 559. The van der Waals surface area contributed by atoms with Crippen molar-refractivity contribution in [2.75, 3.05) is 6.61 Å². The van der Waals surface area contributed by atoms with Crippen molar-refractivity contribution in [2.45, 2.75) is 31.5 Å². The number of rotatable bonds is 1. The first kappa shape index (κ1) is 11.7. The van der Waals surface area contributed by atoms with Gasteiger partial charge in [0.05, 0.1) is 18.3 Å². The summed E-state index contributed by atoms with van der Waals surface area (Å²) >= 11 is 0. The van der Waals surface area contributed by atoms with Crippen LogP contribution < -0.4 is 0 Å². The number of benzene rings is 2. The molecule has 0 bridgehead atoms. The van der Waals surface area contributed by atoms with Crippen LogP contribution in [-0.4, -0.2) is 17.8 Å². The molecule has 2 unspecified atom stereocenters. The molecule has 1 saturated heterocycles. The van der Waals surface area contributed by atoms with Crippen LogP contribution in [0.3, 0.4) is 0 Å². The minimum atomic E-state index is -0.751. The highest BCUT2D eigenvalue weighted by molar-refractivity contribution is 5.86. The summed E-state index contributed by atoms with van der Waals surface area (Å²) in [7, 11) is 0. The van der Waals surface area contributed by atoms with Crippen molar-refractivity contribution in [3.05, 3.63) is 48.0 Å². The second-order valence-electron chi connectivity index (χ2n) is 5.19. The maximum atomic E-state index is 10.9. The summed E-state index contributed by atoms with van der Waals surface area (Å²) in [6, 6.07) is 14.4. The van der Waals surface area contributed by atoms with E-state index in [0.29, 0.717) is 19.4 Å². The predicted molar refractivity (Wildman–Crippen MR) is 72.5 cm³/mol. The van der Waals surface area contributed by atoms with Gasteiger partial charge in [0, 0.05) is 12.8 Å². The Morgan fingerprint density at radius 3 is 2.78 bits per heavy atom. The van der Waals surface area contributed by atoms with Crippen LogP contribution in [0.4, 0.5) is 0 Å². The van der Waals surface area contributed by atoms with E-state index in [2.05, 4.69) is 18.2 Å². The lowest BCUT2D eigenvalue weighted by Gasteiger charge is -2.36. The quantitative estimate of drug-likeness (QED) is 0.832. The minimum Gasteiger partial charge on any atom is -0.385 e. The fourth-order valence-electron chi connectivity index (χ4n) is 2.94. The van der Waals surface area contributed by atoms with Crippen molar-refractivity contribution < 1.29 is 9.84 Å². The van der Waals surface area contributed by atoms with Gasteiger partial charge in [0.15, 0.2) is 0 Å². The van der Waals surface area contributed by atoms with Crippen molar-refractivity contribution >= 4 is 10.8 Å². The normalized spacial score (nSPS) is 28.4. The molecule has 1 aliphatic rings. The van der Waals surface area contributed by atoms with Crippen molar-refractivity contribution in [3.8, 4) is 0 Å². The van der Waals surface area contributed by atoms with Crippen LogP contribution in [0.25, 0.3) is 10.8 Å². The van der Waals surface area contributed by atoms with E-state index in [-0.39, 0.29) is 6.10 Å². The van der Waals surface area contributed by atoms with E-state index in [1.54, 1.807) is 0 Å². The molecule has 0 radical (unpaired) electrons. The van der Waals surface area contributed by atoms with Gasteiger partial charge in [-0.3, -0.25) is 0 Å². The molecule has 1 aliphatic heterocycles. The van der Waals surface area contributed by atoms with Crippen LogP contribution in [0.1, 0.15) is 25.3 Å².